The summed E-state index contributed by atoms with van der Waals surface area (Å²) in [5, 5.41) is 0. The lowest BCUT2D eigenvalue weighted by Crippen LogP contribution is -2.26. The van der Waals surface area contributed by atoms with Gasteiger partial charge < -0.3 is 9.47 Å². The molecule has 4 nitrogen and oxygen atoms in total. The Morgan fingerprint density at radius 3 is 1.52 bits per heavy atom. The smallest absolute Gasteiger partial charge is 0.199 e. The Hall–Kier alpha value is -2.62. The van der Waals surface area contributed by atoms with E-state index in [9.17, 15) is 0 Å². The van der Waals surface area contributed by atoms with Gasteiger partial charge in [0.25, 0.3) is 0 Å². The highest BCUT2D eigenvalue weighted by Gasteiger charge is 2.58. The minimum Gasteiger partial charge on any atom is -0.478 e. The molecule has 0 N–H and O–H groups in total. The Kier molecular flexibility index (Phi) is 4.65. The lowest BCUT2D eigenvalue weighted by Gasteiger charge is -2.15. The molecule has 0 bridgehead atoms. The summed E-state index contributed by atoms with van der Waals surface area (Å²) in [6, 6.07) is 21.5. The molecule has 2 aromatic carbocycles. The van der Waals surface area contributed by atoms with Crippen LogP contribution in [0.1, 0.15) is 49.7 Å². The Bertz CT molecular complexity index is 845. The zero-order valence-corrected chi connectivity index (χ0v) is 17.1. The zero-order chi connectivity index (χ0) is 19.8. The van der Waals surface area contributed by atoms with E-state index in [1.165, 1.54) is 11.1 Å². The van der Waals surface area contributed by atoms with Gasteiger partial charge in [-0.2, -0.15) is 0 Å². The first-order valence-electron chi connectivity index (χ1n) is 10.7. The van der Waals surface area contributed by atoms with Crippen LogP contribution in [0, 0.1) is 5.41 Å². The van der Waals surface area contributed by atoms with Gasteiger partial charge >= 0.3 is 0 Å². The Balaban J connectivity index is 1.33. The number of rotatable bonds is 6. The fourth-order valence-electron chi connectivity index (χ4n) is 4.42. The number of aliphatic imine (C=N–C) groups is 2. The molecule has 0 amide bonds. The van der Waals surface area contributed by atoms with Crippen molar-refractivity contribution < 1.29 is 9.47 Å². The number of ether oxygens (including phenoxy) is 2. The Labute approximate surface area is 172 Å². The molecule has 150 valence electrons. The molecule has 1 saturated carbocycles. The lowest BCUT2D eigenvalue weighted by atomic mass is 9.94. The van der Waals surface area contributed by atoms with Gasteiger partial charge in [0.2, 0.25) is 0 Å². The van der Waals surface area contributed by atoms with Crippen molar-refractivity contribution in [3.05, 3.63) is 71.8 Å². The van der Waals surface area contributed by atoms with Crippen LogP contribution in [0.3, 0.4) is 0 Å². The predicted molar refractivity (Wildman–Crippen MR) is 116 cm³/mol. The van der Waals surface area contributed by atoms with Crippen LogP contribution in [0.2, 0.25) is 0 Å². The highest BCUT2D eigenvalue weighted by atomic mass is 16.5. The average molecular weight is 389 g/mol. The predicted octanol–water partition coefficient (Wildman–Crippen LogP) is 4.97. The van der Waals surface area contributed by atoms with Crippen molar-refractivity contribution in [1.82, 2.24) is 0 Å². The summed E-state index contributed by atoms with van der Waals surface area (Å²) in [4.78, 5) is 10.0. The summed E-state index contributed by atoms with van der Waals surface area (Å²) in [6.07, 6.45) is 2.03. The van der Waals surface area contributed by atoms with E-state index in [2.05, 4.69) is 74.5 Å². The van der Waals surface area contributed by atoms with Gasteiger partial charge in [0.1, 0.15) is 18.6 Å². The normalized spacial score (nSPS) is 26.7. The number of hydrogen-bond acceptors (Lipinski definition) is 4. The molecular formula is C25H28N2O2. The molecule has 1 aliphatic carbocycles. The second-order valence-corrected chi connectivity index (χ2v) is 8.61. The third-order valence-corrected chi connectivity index (χ3v) is 6.72. The third kappa shape index (κ3) is 3.35. The van der Waals surface area contributed by atoms with Crippen LogP contribution >= 0.6 is 0 Å². The maximum atomic E-state index is 6.12. The molecule has 0 saturated heterocycles. The second-order valence-electron chi connectivity index (χ2n) is 8.61. The van der Waals surface area contributed by atoms with Crippen LogP contribution in [0.4, 0.5) is 0 Å². The average Bonchev–Trinajstić information content (AvgIpc) is 3.19. The first-order valence-corrected chi connectivity index (χ1v) is 10.7. The fourth-order valence-corrected chi connectivity index (χ4v) is 4.42. The molecule has 29 heavy (non-hydrogen) atoms. The molecule has 4 heteroatoms. The van der Waals surface area contributed by atoms with Crippen molar-refractivity contribution in [2.75, 3.05) is 13.2 Å². The molecule has 2 aliphatic heterocycles. The van der Waals surface area contributed by atoms with E-state index in [0.29, 0.717) is 25.0 Å². The SMILES string of the molecule is CC(c1ccccc1)C1COC(C2(C3=NC(C(C)c4ccccc4)CO3)CC2)=N1. The van der Waals surface area contributed by atoms with Crippen molar-refractivity contribution in [2.24, 2.45) is 15.4 Å². The molecule has 5 rings (SSSR count). The molecule has 2 heterocycles. The first-order chi connectivity index (χ1) is 14.2. The quantitative estimate of drug-likeness (QED) is 0.701. The van der Waals surface area contributed by atoms with Gasteiger partial charge in [0.15, 0.2) is 11.8 Å². The summed E-state index contributed by atoms with van der Waals surface area (Å²) in [7, 11) is 0. The van der Waals surface area contributed by atoms with E-state index in [1.807, 2.05) is 0 Å². The van der Waals surface area contributed by atoms with Gasteiger partial charge in [0.05, 0.1) is 12.1 Å². The number of benzene rings is 2. The number of nitrogens with zero attached hydrogens (tertiary/aromatic N) is 2. The molecule has 0 spiro atoms. The minimum atomic E-state index is -0.212. The van der Waals surface area contributed by atoms with Crippen LogP contribution in [-0.2, 0) is 9.47 Å². The molecular weight excluding hydrogens is 360 g/mol. The molecule has 0 radical (unpaired) electrons. The molecule has 3 aliphatic rings. The maximum absolute atomic E-state index is 6.12. The van der Waals surface area contributed by atoms with E-state index in [0.717, 1.165) is 24.6 Å². The van der Waals surface area contributed by atoms with E-state index in [-0.39, 0.29) is 17.5 Å². The van der Waals surface area contributed by atoms with Crippen molar-refractivity contribution in [2.45, 2.75) is 50.6 Å². The van der Waals surface area contributed by atoms with Gasteiger partial charge in [-0.15, -0.1) is 0 Å². The van der Waals surface area contributed by atoms with Crippen molar-refractivity contribution >= 4 is 11.8 Å². The standard InChI is InChI=1S/C25H28N2O2/c1-17(19-9-5-3-6-10-19)21-15-28-23(26-21)25(13-14-25)24-27-22(16-29-24)18(2)20-11-7-4-8-12-20/h3-12,17-18,21-22H,13-16H2,1-2H3. The van der Waals surface area contributed by atoms with Crippen molar-refractivity contribution in [3.8, 4) is 0 Å². The van der Waals surface area contributed by atoms with Crippen LogP contribution < -0.4 is 0 Å². The van der Waals surface area contributed by atoms with E-state index >= 15 is 0 Å². The van der Waals surface area contributed by atoms with Crippen LogP contribution in [-0.4, -0.2) is 37.1 Å². The minimum absolute atomic E-state index is 0.158. The topological polar surface area (TPSA) is 43.2 Å². The molecule has 4 atom stereocenters. The van der Waals surface area contributed by atoms with Crippen molar-refractivity contribution in [3.63, 3.8) is 0 Å². The van der Waals surface area contributed by atoms with Crippen LogP contribution in [0.5, 0.6) is 0 Å². The van der Waals surface area contributed by atoms with Gasteiger partial charge in [-0.25, -0.2) is 9.98 Å². The monoisotopic (exact) mass is 388 g/mol. The third-order valence-electron chi connectivity index (χ3n) is 6.72. The van der Waals surface area contributed by atoms with Crippen molar-refractivity contribution in [1.29, 1.82) is 0 Å². The highest BCUT2D eigenvalue weighted by molar-refractivity contribution is 6.09. The largest absolute Gasteiger partial charge is 0.478 e. The summed E-state index contributed by atoms with van der Waals surface area (Å²) in [6.45, 7) is 5.75. The molecule has 0 aromatic heterocycles. The molecule has 1 fully saturated rings. The first kappa shape index (κ1) is 18.4. The van der Waals surface area contributed by atoms with E-state index in [1.54, 1.807) is 0 Å². The number of hydrogen-bond donors (Lipinski definition) is 0. The van der Waals surface area contributed by atoms with Crippen LogP contribution in [0.15, 0.2) is 70.6 Å². The molecule has 2 aromatic rings. The van der Waals surface area contributed by atoms with Gasteiger partial charge in [-0.05, 0) is 24.0 Å². The zero-order valence-electron chi connectivity index (χ0n) is 17.1. The molecule has 4 unspecified atom stereocenters. The van der Waals surface area contributed by atoms with Gasteiger partial charge in [0, 0.05) is 11.8 Å². The second kappa shape index (κ2) is 7.33. The lowest BCUT2D eigenvalue weighted by molar-refractivity contribution is 0.271. The van der Waals surface area contributed by atoms with Gasteiger partial charge in [-0.1, -0.05) is 74.5 Å². The summed E-state index contributed by atoms with van der Waals surface area (Å²) in [5.74, 6) is 2.36. The van der Waals surface area contributed by atoms with Crippen LogP contribution in [0.25, 0.3) is 0 Å². The Morgan fingerprint density at radius 2 is 1.14 bits per heavy atom. The van der Waals surface area contributed by atoms with E-state index in [4.69, 9.17) is 19.5 Å². The highest BCUT2D eigenvalue weighted by Crippen LogP contribution is 2.52. The van der Waals surface area contributed by atoms with Gasteiger partial charge in [-0.3, -0.25) is 0 Å². The summed E-state index contributed by atoms with van der Waals surface area (Å²) in [5.41, 5.74) is 2.40. The summed E-state index contributed by atoms with van der Waals surface area (Å²) < 4.78 is 12.2. The fraction of sp³-hybridized carbons (Fsp3) is 0.440. The summed E-state index contributed by atoms with van der Waals surface area (Å²) >= 11 is 0. The maximum Gasteiger partial charge on any atom is 0.199 e. The van der Waals surface area contributed by atoms with E-state index < -0.39 is 0 Å². The Morgan fingerprint density at radius 1 is 0.724 bits per heavy atom.